The van der Waals surface area contributed by atoms with E-state index in [0.29, 0.717) is 19.3 Å². The Bertz CT molecular complexity index is 885. The standard InChI is InChI=1S/C51H96O6/c1-4-7-10-13-16-19-22-24-25-27-30-32-35-38-41-44-50(53)56-47-48(57-51(54)45-42-39-36-33-28-21-18-15-12-9-6-3)46-55-49(52)43-40-37-34-31-29-26-23-20-17-14-11-8-5-2/h15,18,48H,4-14,16-17,19-47H2,1-3H3/b18-15-/t48-/m0/s1. The Morgan fingerprint density at radius 1 is 0.333 bits per heavy atom. The van der Waals surface area contributed by atoms with Crippen molar-refractivity contribution in [1.29, 1.82) is 0 Å². The number of esters is 3. The average molecular weight is 805 g/mol. The van der Waals surface area contributed by atoms with E-state index < -0.39 is 6.10 Å². The number of carbonyl (C=O) groups excluding carboxylic acids is 3. The van der Waals surface area contributed by atoms with E-state index in [9.17, 15) is 14.4 Å². The van der Waals surface area contributed by atoms with Crippen LogP contribution in [0.25, 0.3) is 0 Å². The van der Waals surface area contributed by atoms with Crippen LogP contribution in [-0.4, -0.2) is 37.2 Å². The molecular formula is C51H96O6. The van der Waals surface area contributed by atoms with Crippen molar-refractivity contribution in [2.45, 2.75) is 284 Å². The summed E-state index contributed by atoms with van der Waals surface area (Å²) in [5.41, 5.74) is 0. The van der Waals surface area contributed by atoms with Gasteiger partial charge in [-0.05, 0) is 38.5 Å². The maximum atomic E-state index is 12.7. The topological polar surface area (TPSA) is 78.9 Å². The van der Waals surface area contributed by atoms with Gasteiger partial charge in [-0.1, -0.05) is 232 Å². The summed E-state index contributed by atoms with van der Waals surface area (Å²) < 4.78 is 16.8. The Balaban J connectivity index is 4.31. The highest BCUT2D eigenvalue weighted by molar-refractivity contribution is 5.71. The van der Waals surface area contributed by atoms with E-state index in [0.717, 1.165) is 64.2 Å². The van der Waals surface area contributed by atoms with Crippen molar-refractivity contribution in [2.24, 2.45) is 0 Å². The second-order valence-corrected chi connectivity index (χ2v) is 17.1. The first kappa shape index (κ1) is 55.2. The van der Waals surface area contributed by atoms with Crippen molar-refractivity contribution in [3.05, 3.63) is 12.2 Å². The average Bonchev–Trinajstić information content (AvgIpc) is 3.21. The van der Waals surface area contributed by atoms with Gasteiger partial charge in [-0.3, -0.25) is 14.4 Å². The molecule has 57 heavy (non-hydrogen) atoms. The molecule has 0 unspecified atom stereocenters. The van der Waals surface area contributed by atoms with Gasteiger partial charge in [0.25, 0.3) is 0 Å². The summed E-state index contributed by atoms with van der Waals surface area (Å²) in [6.45, 7) is 6.62. The quantitative estimate of drug-likeness (QED) is 0.0264. The van der Waals surface area contributed by atoms with Crippen molar-refractivity contribution in [3.63, 3.8) is 0 Å². The number of unbranched alkanes of at least 4 members (excludes halogenated alkanes) is 33. The maximum Gasteiger partial charge on any atom is 0.306 e. The summed E-state index contributed by atoms with van der Waals surface area (Å²) in [6.07, 6.45) is 50.5. The molecule has 0 fully saturated rings. The Kier molecular flexibility index (Phi) is 45.3. The van der Waals surface area contributed by atoms with Crippen LogP contribution < -0.4 is 0 Å². The van der Waals surface area contributed by atoms with Crippen molar-refractivity contribution >= 4 is 17.9 Å². The summed E-state index contributed by atoms with van der Waals surface area (Å²) in [4.78, 5) is 37.8. The van der Waals surface area contributed by atoms with E-state index in [1.54, 1.807) is 0 Å². The number of hydrogen-bond donors (Lipinski definition) is 0. The van der Waals surface area contributed by atoms with E-state index in [1.165, 1.54) is 173 Å². The van der Waals surface area contributed by atoms with E-state index >= 15 is 0 Å². The minimum Gasteiger partial charge on any atom is -0.462 e. The fraction of sp³-hybridized carbons (Fsp3) is 0.902. The largest absolute Gasteiger partial charge is 0.462 e. The molecule has 0 bridgehead atoms. The number of allylic oxidation sites excluding steroid dienone is 2. The smallest absolute Gasteiger partial charge is 0.306 e. The molecule has 0 aliphatic rings. The van der Waals surface area contributed by atoms with Gasteiger partial charge in [0.15, 0.2) is 6.10 Å². The first-order valence-electron chi connectivity index (χ1n) is 25.2. The number of ether oxygens (including phenoxy) is 3. The normalized spacial score (nSPS) is 12.0. The molecule has 0 N–H and O–H groups in total. The lowest BCUT2D eigenvalue weighted by molar-refractivity contribution is -0.167. The van der Waals surface area contributed by atoms with Crippen LogP contribution in [0.15, 0.2) is 12.2 Å². The molecule has 0 radical (unpaired) electrons. The molecule has 0 aromatic rings. The van der Waals surface area contributed by atoms with Gasteiger partial charge in [0, 0.05) is 19.3 Å². The van der Waals surface area contributed by atoms with Gasteiger partial charge in [0.1, 0.15) is 13.2 Å². The molecule has 0 aromatic heterocycles. The first-order valence-corrected chi connectivity index (χ1v) is 25.2. The molecule has 6 nitrogen and oxygen atoms in total. The van der Waals surface area contributed by atoms with Crippen LogP contribution in [0.1, 0.15) is 278 Å². The molecule has 0 aliphatic heterocycles. The Labute approximate surface area is 354 Å². The summed E-state index contributed by atoms with van der Waals surface area (Å²) in [7, 11) is 0. The van der Waals surface area contributed by atoms with E-state index in [-0.39, 0.29) is 31.1 Å². The molecule has 0 aliphatic carbocycles. The highest BCUT2D eigenvalue weighted by atomic mass is 16.6. The van der Waals surface area contributed by atoms with Gasteiger partial charge in [0.05, 0.1) is 0 Å². The van der Waals surface area contributed by atoms with Crippen molar-refractivity contribution in [3.8, 4) is 0 Å². The van der Waals surface area contributed by atoms with Crippen LogP contribution in [0.2, 0.25) is 0 Å². The number of carbonyl (C=O) groups is 3. The minimum atomic E-state index is -0.766. The molecule has 336 valence electrons. The van der Waals surface area contributed by atoms with Gasteiger partial charge >= 0.3 is 17.9 Å². The molecule has 6 heteroatoms. The molecule has 0 saturated carbocycles. The number of hydrogen-bond acceptors (Lipinski definition) is 6. The van der Waals surface area contributed by atoms with Gasteiger partial charge in [-0.25, -0.2) is 0 Å². The Hall–Kier alpha value is -1.85. The predicted octanol–water partition coefficient (Wildman–Crippen LogP) is 16.2. The van der Waals surface area contributed by atoms with E-state index in [1.807, 2.05) is 0 Å². The Morgan fingerprint density at radius 2 is 0.596 bits per heavy atom. The lowest BCUT2D eigenvalue weighted by Gasteiger charge is -2.18. The van der Waals surface area contributed by atoms with Crippen molar-refractivity contribution in [2.75, 3.05) is 13.2 Å². The molecule has 0 rings (SSSR count). The Morgan fingerprint density at radius 3 is 0.930 bits per heavy atom. The summed E-state index contributed by atoms with van der Waals surface area (Å²) in [6, 6.07) is 0. The predicted molar refractivity (Wildman–Crippen MR) is 243 cm³/mol. The van der Waals surface area contributed by atoms with E-state index in [2.05, 4.69) is 32.9 Å². The highest BCUT2D eigenvalue weighted by Crippen LogP contribution is 2.16. The molecular weight excluding hydrogens is 709 g/mol. The van der Waals surface area contributed by atoms with Gasteiger partial charge in [-0.2, -0.15) is 0 Å². The third kappa shape index (κ3) is 45.1. The fourth-order valence-electron chi connectivity index (χ4n) is 7.42. The summed E-state index contributed by atoms with van der Waals surface area (Å²) in [5, 5.41) is 0. The third-order valence-electron chi connectivity index (χ3n) is 11.3. The zero-order chi connectivity index (χ0) is 41.5. The summed E-state index contributed by atoms with van der Waals surface area (Å²) in [5.74, 6) is -0.863. The monoisotopic (exact) mass is 805 g/mol. The highest BCUT2D eigenvalue weighted by Gasteiger charge is 2.19. The van der Waals surface area contributed by atoms with Gasteiger partial charge in [-0.15, -0.1) is 0 Å². The zero-order valence-electron chi connectivity index (χ0n) is 38.4. The first-order chi connectivity index (χ1) is 28.0. The molecule has 0 heterocycles. The molecule has 0 aromatic carbocycles. The maximum absolute atomic E-state index is 12.7. The molecule has 0 spiro atoms. The van der Waals surface area contributed by atoms with Crippen LogP contribution in [0.4, 0.5) is 0 Å². The molecule has 1 atom stereocenters. The minimum absolute atomic E-state index is 0.0683. The second-order valence-electron chi connectivity index (χ2n) is 17.1. The van der Waals surface area contributed by atoms with E-state index in [4.69, 9.17) is 14.2 Å². The SMILES string of the molecule is CCCC/C=C\CCCCCCCC(=O)O[C@@H](COC(=O)CCCCCCCCCCCCCCC)COC(=O)CCCCCCCCCCCCCCCCC. The summed E-state index contributed by atoms with van der Waals surface area (Å²) >= 11 is 0. The van der Waals surface area contributed by atoms with Crippen LogP contribution in [0.3, 0.4) is 0 Å². The van der Waals surface area contributed by atoms with Crippen LogP contribution in [0, 0.1) is 0 Å². The van der Waals surface area contributed by atoms with Crippen LogP contribution >= 0.6 is 0 Å². The molecule has 0 saturated heterocycles. The van der Waals surface area contributed by atoms with Crippen molar-refractivity contribution < 1.29 is 28.6 Å². The third-order valence-corrected chi connectivity index (χ3v) is 11.3. The second kappa shape index (κ2) is 46.8. The fourth-order valence-corrected chi connectivity index (χ4v) is 7.42. The van der Waals surface area contributed by atoms with Crippen molar-refractivity contribution in [1.82, 2.24) is 0 Å². The van der Waals surface area contributed by atoms with Crippen LogP contribution in [-0.2, 0) is 28.6 Å². The van der Waals surface area contributed by atoms with Crippen LogP contribution in [0.5, 0.6) is 0 Å². The van der Waals surface area contributed by atoms with Gasteiger partial charge < -0.3 is 14.2 Å². The number of rotatable bonds is 46. The zero-order valence-corrected chi connectivity index (χ0v) is 38.4. The molecule has 0 amide bonds. The van der Waals surface area contributed by atoms with Gasteiger partial charge in [0.2, 0.25) is 0 Å². The lowest BCUT2D eigenvalue weighted by atomic mass is 10.0. The lowest BCUT2D eigenvalue weighted by Crippen LogP contribution is -2.30.